The van der Waals surface area contributed by atoms with Gasteiger partial charge in [0.1, 0.15) is 0 Å². The monoisotopic (exact) mass is 200 g/mol. The number of rotatable bonds is 2. The molecule has 0 radical (unpaired) electrons. The average Bonchev–Trinajstić information content (AvgIpc) is 2.08. The van der Waals surface area contributed by atoms with E-state index in [1.54, 1.807) is 0 Å². The molecule has 0 spiro atoms. The first-order valence-corrected chi connectivity index (χ1v) is 5.46. The molecule has 1 fully saturated rings. The Bertz CT molecular complexity index is 193. The van der Waals surface area contributed by atoms with Gasteiger partial charge in [-0.2, -0.15) is 0 Å². The average molecular weight is 200 g/mol. The Hall–Kier alpha value is -0.150. The lowest BCUT2D eigenvalue weighted by molar-refractivity contribution is 0.127. The van der Waals surface area contributed by atoms with E-state index in [2.05, 4.69) is 25.7 Å². The van der Waals surface area contributed by atoms with Gasteiger partial charge in [0.05, 0.1) is 11.0 Å². The van der Waals surface area contributed by atoms with E-state index in [1.165, 1.54) is 6.42 Å². The Labute approximate surface area is 86.5 Å². The van der Waals surface area contributed by atoms with Crippen LogP contribution in [0.3, 0.4) is 0 Å². The number of piperidine rings is 1. The van der Waals surface area contributed by atoms with Crippen molar-refractivity contribution in [3.8, 4) is 0 Å². The van der Waals surface area contributed by atoms with Gasteiger partial charge in [-0.05, 0) is 31.7 Å². The van der Waals surface area contributed by atoms with Crippen molar-refractivity contribution in [3.05, 3.63) is 0 Å². The van der Waals surface area contributed by atoms with Crippen LogP contribution in [0.25, 0.3) is 0 Å². The molecule has 1 aliphatic rings. The van der Waals surface area contributed by atoms with Gasteiger partial charge in [0.25, 0.3) is 0 Å². The SMILES string of the molecule is CC1CCN(C(C)C(N)=S)CC1C. The predicted molar refractivity (Wildman–Crippen MR) is 60.8 cm³/mol. The molecule has 1 rings (SSSR count). The predicted octanol–water partition coefficient (Wildman–Crippen LogP) is 1.64. The van der Waals surface area contributed by atoms with Crippen LogP contribution in [-0.2, 0) is 0 Å². The normalized spacial score (nSPS) is 32.8. The summed E-state index contributed by atoms with van der Waals surface area (Å²) in [6.07, 6.45) is 1.27. The summed E-state index contributed by atoms with van der Waals surface area (Å²) in [6.45, 7) is 9.02. The molecule has 2 nitrogen and oxygen atoms in total. The van der Waals surface area contributed by atoms with Gasteiger partial charge in [-0.3, -0.25) is 4.90 Å². The lowest BCUT2D eigenvalue weighted by Gasteiger charge is -2.38. The third-order valence-electron chi connectivity index (χ3n) is 3.33. The van der Waals surface area contributed by atoms with Crippen LogP contribution in [-0.4, -0.2) is 29.0 Å². The first-order chi connectivity index (χ1) is 6.02. The lowest BCUT2D eigenvalue weighted by Crippen LogP contribution is -2.48. The molecule has 0 saturated carbocycles. The van der Waals surface area contributed by atoms with Gasteiger partial charge in [0, 0.05) is 6.54 Å². The van der Waals surface area contributed by atoms with Gasteiger partial charge in [-0.15, -0.1) is 0 Å². The van der Waals surface area contributed by atoms with Crippen molar-refractivity contribution < 1.29 is 0 Å². The van der Waals surface area contributed by atoms with Crippen LogP contribution in [0.15, 0.2) is 0 Å². The Morgan fingerprint density at radius 2 is 2.08 bits per heavy atom. The maximum absolute atomic E-state index is 5.64. The van der Waals surface area contributed by atoms with E-state index in [0.29, 0.717) is 4.99 Å². The smallest absolute Gasteiger partial charge is 0.0899 e. The summed E-state index contributed by atoms with van der Waals surface area (Å²) in [5.74, 6) is 1.61. The van der Waals surface area contributed by atoms with Crippen molar-refractivity contribution in [2.45, 2.75) is 33.2 Å². The molecule has 0 bridgehead atoms. The van der Waals surface area contributed by atoms with Crippen molar-refractivity contribution in [2.75, 3.05) is 13.1 Å². The zero-order chi connectivity index (χ0) is 10.0. The fourth-order valence-corrected chi connectivity index (χ4v) is 1.98. The largest absolute Gasteiger partial charge is 0.392 e. The number of nitrogens with zero attached hydrogens (tertiary/aromatic N) is 1. The van der Waals surface area contributed by atoms with Gasteiger partial charge in [0.2, 0.25) is 0 Å². The summed E-state index contributed by atoms with van der Waals surface area (Å²) in [4.78, 5) is 3.02. The van der Waals surface area contributed by atoms with Crippen LogP contribution in [0.4, 0.5) is 0 Å². The standard InChI is InChI=1S/C10H20N2S/c1-7-4-5-12(6-8(7)2)9(3)10(11)13/h7-9H,4-6H2,1-3H3,(H2,11,13). The summed E-state index contributed by atoms with van der Waals surface area (Å²) >= 11 is 5.00. The van der Waals surface area contributed by atoms with Crippen molar-refractivity contribution in [3.63, 3.8) is 0 Å². The van der Waals surface area contributed by atoms with Gasteiger partial charge in [0.15, 0.2) is 0 Å². The van der Waals surface area contributed by atoms with Crippen LogP contribution in [0.2, 0.25) is 0 Å². The first-order valence-electron chi connectivity index (χ1n) is 5.05. The number of nitrogens with two attached hydrogens (primary N) is 1. The summed E-state index contributed by atoms with van der Waals surface area (Å²) < 4.78 is 0. The second-order valence-corrected chi connectivity index (χ2v) is 4.79. The Balaban J connectivity index is 2.50. The highest BCUT2D eigenvalue weighted by molar-refractivity contribution is 7.80. The van der Waals surface area contributed by atoms with Crippen molar-refractivity contribution in [2.24, 2.45) is 17.6 Å². The zero-order valence-electron chi connectivity index (χ0n) is 8.79. The minimum atomic E-state index is 0.268. The number of likely N-dealkylation sites (tertiary alicyclic amines) is 1. The molecule has 3 atom stereocenters. The molecular weight excluding hydrogens is 180 g/mol. The van der Waals surface area contributed by atoms with Crippen LogP contribution in [0.5, 0.6) is 0 Å². The van der Waals surface area contributed by atoms with E-state index in [-0.39, 0.29) is 6.04 Å². The third-order valence-corrected chi connectivity index (χ3v) is 3.67. The molecule has 0 aromatic heterocycles. The number of thiocarbonyl (C=S) groups is 1. The molecule has 0 aliphatic carbocycles. The van der Waals surface area contributed by atoms with E-state index in [4.69, 9.17) is 18.0 Å². The molecule has 3 unspecified atom stereocenters. The quantitative estimate of drug-likeness (QED) is 0.687. The molecular formula is C10H20N2S. The Morgan fingerprint density at radius 1 is 1.46 bits per heavy atom. The van der Waals surface area contributed by atoms with Crippen LogP contribution >= 0.6 is 12.2 Å². The minimum Gasteiger partial charge on any atom is -0.392 e. The molecule has 1 heterocycles. The van der Waals surface area contributed by atoms with E-state index in [0.717, 1.165) is 24.9 Å². The number of hydrogen-bond donors (Lipinski definition) is 1. The van der Waals surface area contributed by atoms with E-state index in [9.17, 15) is 0 Å². The highest BCUT2D eigenvalue weighted by Crippen LogP contribution is 2.23. The zero-order valence-corrected chi connectivity index (χ0v) is 9.60. The molecule has 13 heavy (non-hydrogen) atoms. The van der Waals surface area contributed by atoms with E-state index in [1.807, 2.05) is 0 Å². The molecule has 2 N–H and O–H groups in total. The molecule has 0 amide bonds. The van der Waals surface area contributed by atoms with E-state index < -0.39 is 0 Å². The summed E-state index contributed by atoms with van der Waals surface area (Å²) in [7, 11) is 0. The minimum absolute atomic E-state index is 0.268. The maximum atomic E-state index is 5.64. The van der Waals surface area contributed by atoms with Gasteiger partial charge in [-0.1, -0.05) is 26.1 Å². The van der Waals surface area contributed by atoms with E-state index >= 15 is 0 Å². The third kappa shape index (κ3) is 2.64. The van der Waals surface area contributed by atoms with Crippen molar-refractivity contribution >= 4 is 17.2 Å². The van der Waals surface area contributed by atoms with Gasteiger partial charge >= 0.3 is 0 Å². The highest BCUT2D eigenvalue weighted by atomic mass is 32.1. The highest BCUT2D eigenvalue weighted by Gasteiger charge is 2.26. The van der Waals surface area contributed by atoms with Crippen LogP contribution < -0.4 is 5.73 Å². The van der Waals surface area contributed by atoms with Crippen LogP contribution in [0, 0.1) is 11.8 Å². The molecule has 1 saturated heterocycles. The van der Waals surface area contributed by atoms with Crippen LogP contribution in [0.1, 0.15) is 27.2 Å². The lowest BCUT2D eigenvalue weighted by atomic mass is 9.88. The Morgan fingerprint density at radius 3 is 2.54 bits per heavy atom. The molecule has 3 heteroatoms. The second kappa shape index (κ2) is 4.38. The maximum Gasteiger partial charge on any atom is 0.0899 e. The van der Waals surface area contributed by atoms with Gasteiger partial charge < -0.3 is 5.73 Å². The first kappa shape index (κ1) is 10.9. The fourth-order valence-electron chi connectivity index (χ4n) is 1.83. The van der Waals surface area contributed by atoms with Gasteiger partial charge in [-0.25, -0.2) is 0 Å². The topological polar surface area (TPSA) is 29.3 Å². The molecule has 76 valence electrons. The summed E-state index contributed by atoms with van der Waals surface area (Å²) in [5, 5.41) is 0. The Kier molecular flexibility index (Phi) is 3.68. The second-order valence-electron chi connectivity index (χ2n) is 4.32. The summed E-state index contributed by atoms with van der Waals surface area (Å²) in [6, 6.07) is 0.268. The number of hydrogen-bond acceptors (Lipinski definition) is 2. The van der Waals surface area contributed by atoms with Crippen molar-refractivity contribution in [1.29, 1.82) is 0 Å². The molecule has 0 aromatic carbocycles. The fraction of sp³-hybridized carbons (Fsp3) is 0.900. The summed E-state index contributed by atoms with van der Waals surface area (Å²) in [5.41, 5.74) is 5.64. The molecule has 0 aromatic rings. The molecule has 1 aliphatic heterocycles. The van der Waals surface area contributed by atoms with Crippen molar-refractivity contribution in [1.82, 2.24) is 4.90 Å².